The number of likely N-dealkylation sites (tertiary alicyclic amines) is 1. The van der Waals surface area contributed by atoms with Gasteiger partial charge in [-0.25, -0.2) is 0 Å². The second-order valence-electron chi connectivity index (χ2n) is 8.64. The fourth-order valence-electron chi connectivity index (χ4n) is 3.62. The Hall–Kier alpha value is -2.57. The van der Waals surface area contributed by atoms with E-state index in [0.717, 1.165) is 0 Å². The van der Waals surface area contributed by atoms with Crippen molar-refractivity contribution in [1.29, 1.82) is 0 Å². The molecule has 0 unspecified atom stereocenters. The summed E-state index contributed by atoms with van der Waals surface area (Å²) in [6.07, 6.45) is 1.35. The van der Waals surface area contributed by atoms with Gasteiger partial charge in [0.15, 0.2) is 0 Å². The zero-order valence-corrected chi connectivity index (χ0v) is 18.7. The first kappa shape index (κ1) is 23.7. The second-order valence-corrected chi connectivity index (χ2v) is 8.64. The highest BCUT2D eigenvalue weighted by Gasteiger charge is 2.34. The molecule has 7 nitrogen and oxygen atoms in total. The van der Waals surface area contributed by atoms with Crippen molar-refractivity contribution in [3.63, 3.8) is 0 Å². The zero-order valence-electron chi connectivity index (χ0n) is 18.7. The molecule has 2 N–H and O–H groups in total. The summed E-state index contributed by atoms with van der Waals surface area (Å²) >= 11 is 0. The molecule has 1 aliphatic rings. The van der Waals surface area contributed by atoms with Gasteiger partial charge in [0.25, 0.3) is 5.91 Å². The SMILES string of the molecule is COc1cccc(C(=O)N[C@@H](C(=O)NCC(C)C)C2CCN(C(=O)C(C)C)CC2)c1. The molecule has 166 valence electrons. The average molecular weight is 418 g/mol. The number of nitrogens with zero attached hydrogens (tertiary/aromatic N) is 1. The lowest BCUT2D eigenvalue weighted by Crippen LogP contribution is -2.54. The molecule has 30 heavy (non-hydrogen) atoms. The first-order chi connectivity index (χ1) is 14.2. The van der Waals surface area contributed by atoms with Crippen LogP contribution in [0.25, 0.3) is 0 Å². The van der Waals surface area contributed by atoms with Gasteiger partial charge in [0, 0.05) is 31.1 Å². The molecule has 2 rings (SSSR count). The van der Waals surface area contributed by atoms with E-state index in [1.165, 1.54) is 0 Å². The summed E-state index contributed by atoms with van der Waals surface area (Å²) in [7, 11) is 1.55. The van der Waals surface area contributed by atoms with Crippen molar-refractivity contribution < 1.29 is 19.1 Å². The minimum atomic E-state index is -0.640. The minimum Gasteiger partial charge on any atom is -0.497 e. The van der Waals surface area contributed by atoms with Gasteiger partial charge in [0.2, 0.25) is 11.8 Å². The number of rotatable bonds is 8. The highest BCUT2D eigenvalue weighted by atomic mass is 16.5. The van der Waals surface area contributed by atoms with Gasteiger partial charge in [-0.1, -0.05) is 33.8 Å². The van der Waals surface area contributed by atoms with Gasteiger partial charge in [-0.2, -0.15) is 0 Å². The first-order valence-electron chi connectivity index (χ1n) is 10.7. The lowest BCUT2D eigenvalue weighted by Gasteiger charge is -2.36. The molecule has 0 spiro atoms. The van der Waals surface area contributed by atoms with Crippen LogP contribution in [0.3, 0.4) is 0 Å². The summed E-state index contributed by atoms with van der Waals surface area (Å²) < 4.78 is 5.20. The van der Waals surface area contributed by atoms with Crippen molar-refractivity contribution in [2.24, 2.45) is 17.8 Å². The quantitative estimate of drug-likeness (QED) is 0.680. The van der Waals surface area contributed by atoms with Gasteiger partial charge in [0.05, 0.1) is 7.11 Å². The molecule has 3 amide bonds. The zero-order chi connectivity index (χ0) is 22.3. The number of piperidine rings is 1. The van der Waals surface area contributed by atoms with E-state index in [2.05, 4.69) is 10.6 Å². The Kier molecular flexibility index (Phi) is 8.69. The average Bonchev–Trinajstić information content (AvgIpc) is 2.75. The van der Waals surface area contributed by atoms with Crippen molar-refractivity contribution >= 4 is 17.7 Å². The highest BCUT2D eigenvalue weighted by molar-refractivity contribution is 5.98. The van der Waals surface area contributed by atoms with Crippen LogP contribution in [-0.2, 0) is 9.59 Å². The number of benzene rings is 1. The highest BCUT2D eigenvalue weighted by Crippen LogP contribution is 2.23. The van der Waals surface area contributed by atoms with E-state index in [9.17, 15) is 14.4 Å². The molecule has 1 fully saturated rings. The van der Waals surface area contributed by atoms with Crippen LogP contribution in [0.5, 0.6) is 5.75 Å². The number of methoxy groups -OCH3 is 1. The molecule has 1 aromatic carbocycles. The van der Waals surface area contributed by atoms with Crippen LogP contribution in [0.15, 0.2) is 24.3 Å². The molecule has 1 aromatic rings. The third-order valence-corrected chi connectivity index (χ3v) is 5.40. The molecule has 7 heteroatoms. The maximum Gasteiger partial charge on any atom is 0.252 e. The monoisotopic (exact) mass is 417 g/mol. The number of amides is 3. The van der Waals surface area contributed by atoms with Crippen LogP contribution in [0.1, 0.15) is 50.9 Å². The summed E-state index contributed by atoms with van der Waals surface area (Å²) in [5, 5.41) is 5.89. The molecule has 0 saturated carbocycles. The van der Waals surface area contributed by atoms with Crippen molar-refractivity contribution in [2.75, 3.05) is 26.7 Å². The summed E-state index contributed by atoms with van der Waals surface area (Å²) in [6, 6.07) is 6.23. The standard InChI is InChI=1S/C23H35N3O4/c1-15(2)14-24-22(28)20(17-9-11-26(12-10-17)23(29)16(3)4)25-21(27)18-7-6-8-19(13-18)30-5/h6-8,13,15-17,20H,9-12,14H2,1-5H3,(H,24,28)(H,25,27)/t20-/m1/s1. The van der Waals surface area contributed by atoms with Gasteiger partial charge < -0.3 is 20.3 Å². The Morgan fingerprint density at radius 3 is 2.37 bits per heavy atom. The summed E-state index contributed by atoms with van der Waals surface area (Å²) in [5.41, 5.74) is 0.448. The van der Waals surface area contributed by atoms with Crippen LogP contribution in [0.2, 0.25) is 0 Å². The smallest absolute Gasteiger partial charge is 0.252 e. The number of nitrogens with one attached hydrogen (secondary N) is 2. The fraction of sp³-hybridized carbons (Fsp3) is 0.609. The second kappa shape index (κ2) is 11.0. The minimum absolute atomic E-state index is 0.0251. The fourth-order valence-corrected chi connectivity index (χ4v) is 3.62. The molecule has 1 saturated heterocycles. The van der Waals surface area contributed by atoms with Crippen molar-refractivity contribution in [3.8, 4) is 5.75 Å². The predicted molar refractivity (Wildman–Crippen MR) is 116 cm³/mol. The van der Waals surface area contributed by atoms with Gasteiger partial charge in [-0.3, -0.25) is 14.4 Å². The number of carbonyl (C=O) groups excluding carboxylic acids is 3. The van der Waals surface area contributed by atoms with Crippen LogP contribution in [0, 0.1) is 17.8 Å². The van der Waals surface area contributed by atoms with Crippen LogP contribution >= 0.6 is 0 Å². The summed E-state index contributed by atoms with van der Waals surface area (Å²) in [6.45, 7) is 9.60. The number of hydrogen-bond acceptors (Lipinski definition) is 4. The largest absolute Gasteiger partial charge is 0.497 e. The molecule has 0 radical (unpaired) electrons. The van der Waals surface area contributed by atoms with Crippen molar-refractivity contribution in [2.45, 2.75) is 46.6 Å². The third kappa shape index (κ3) is 6.47. The molecule has 0 aliphatic carbocycles. The Balaban J connectivity index is 2.11. The lowest BCUT2D eigenvalue weighted by molar-refractivity contribution is -0.136. The topological polar surface area (TPSA) is 87.7 Å². The van der Waals surface area contributed by atoms with E-state index in [1.54, 1.807) is 31.4 Å². The predicted octanol–water partition coefficient (Wildman–Crippen LogP) is 2.46. The molecular formula is C23H35N3O4. The number of hydrogen-bond donors (Lipinski definition) is 2. The summed E-state index contributed by atoms with van der Waals surface area (Å²) in [4.78, 5) is 39.9. The van der Waals surface area contributed by atoms with Gasteiger partial charge >= 0.3 is 0 Å². The Labute approximate surface area is 179 Å². The van der Waals surface area contributed by atoms with Crippen molar-refractivity contribution in [1.82, 2.24) is 15.5 Å². The number of ether oxygens (including phenoxy) is 1. The number of carbonyl (C=O) groups is 3. The van der Waals surface area contributed by atoms with Gasteiger partial charge in [-0.05, 0) is 42.9 Å². The summed E-state index contributed by atoms with van der Waals surface area (Å²) in [5.74, 6) is 0.489. The van der Waals surface area contributed by atoms with Crippen LogP contribution < -0.4 is 15.4 Å². The first-order valence-corrected chi connectivity index (χ1v) is 10.7. The maximum absolute atomic E-state index is 12.9. The Morgan fingerprint density at radius 1 is 1.13 bits per heavy atom. The van der Waals surface area contributed by atoms with E-state index < -0.39 is 6.04 Å². The Morgan fingerprint density at radius 2 is 1.80 bits per heavy atom. The molecule has 0 aromatic heterocycles. The normalized spacial score (nSPS) is 15.8. The van der Waals surface area contributed by atoms with Crippen LogP contribution in [0.4, 0.5) is 0 Å². The molecule has 1 aliphatic heterocycles. The third-order valence-electron chi connectivity index (χ3n) is 5.40. The molecule has 1 atom stereocenters. The van der Waals surface area contributed by atoms with Crippen LogP contribution in [-0.4, -0.2) is 55.4 Å². The molecular weight excluding hydrogens is 382 g/mol. The van der Waals surface area contributed by atoms with Gasteiger partial charge in [-0.15, -0.1) is 0 Å². The van der Waals surface area contributed by atoms with E-state index in [0.29, 0.717) is 49.7 Å². The van der Waals surface area contributed by atoms with E-state index in [1.807, 2.05) is 32.6 Å². The van der Waals surface area contributed by atoms with E-state index in [4.69, 9.17) is 4.74 Å². The molecule has 0 bridgehead atoms. The van der Waals surface area contributed by atoms with Gasteiger partial charge in [0.1, 0.15) is 11.8 Å². The van der Waals surface area contributed by atoms with Crippen molar-refractivity contribution in [3.05, 3.63) is 29.8 Å². The lowest BCUT2D eigenvalue weighted by atomic mass is 9.88. The van der Waals surface area contributed by atoms with E-state index in [-0.39, 0.29) is 29.6 Å². The molecule has 1 heterocycles. The maximum atomic E-state index is 12.9. The Bertz CT molecular complexity index is 740. The van der Waals surface area contributed by atoms with E-state index >= 15 is 0 Å².